The van der Waals surface area contributed by atoms with Crippen molar-refractivity contribution in [3.63, 3.8) is 0 Å². The number of carbonyl (C=O) groups excluding carboxylic acids is 2. The smallest absolute Gasteiger partial charge is 0.337 e. The molecular formula is C24H19Cl3O4. The van der Waals surface area contributed by atoms with Crippen molar-refractivity contribution in [3.05, 3.63) is 93.5 Å². The van der Waals surface area contributed by atoms with Crippen LogP contribution in [-0.2, 0) is 9.47 Å². The number of halogens is 3. The molecule has 0 fully saturated rings. The molecule has 31 heavy (non-hydrogen) atoms. The lowest BCUT2D eigenvalue weighted by molar-refractivity contribution is 0.0592. The second kappa shape index (κ2) is 17.7. The molecule has 0 aliphatic carbocycles. The summed E-state index contributed by atoms with van der Waals surface area (Å²) in [4.78, 5) is 22.0. The minimum absolute atomic E-state index is 0.349. The molecule has 0 bridgehead atoms. The summed E-state index contributed by atoms with van der Waals surface area (Å²) < 4.78 is 9.09. The highest BCUT2D eigenvalue weighted by atomic mass is 35.5. The van der Waals surface area contributed by atoms with Crippen molar-refractivity contribution in [1.82, 2.24) is 0 Å². The SMILES string of the molecule is C#Cc1ccc(C(=O)OC)cc1.COC(=O)c1ccc(C#C/C=C/Cl)cc1.Cl/C=C/Cl. The Morgan fingerprint density at radius 3 is 1.52 bits per heavy atom. The summed E-state index contributed by atoms with van der Waals surface area (Å²) >= 11 is 15.1. The van der Waals surface area contributed by atoms with E-state index >= 15 is 0 Å². The molecule has 2 aromatic carbocycles. The van der Waals surface area contributed by atoms with Gasteiger partial charge in [-0.15, -0.1) is 6.42 Å². The molecule has 0 heterocycles. The molecule has 0 spiro atoms. The summed E-state index contributed by atoms with van der Waals surface area (Å²) in [6.07, 6.45) is 6.68. The molecule has 0 atom stereocenters. The van der Waals surface area contributed by atoms with Gasteiger partial charge in [0, 0.05) is 27.7 Å². The Labute approximate surface area is 197 Å². The van der Waals surface area contributed by atoms with Gasteiger partial charge in [-0.05, 0) is 54.6 Å². The maximum Gasteiger partial charge on any atom is 0.337 e. The number of carbonyl (C=O) groups is 2. The molecule has 7 heteroatoms. The normalized spacial score (nSPS) is 9.16. The number of hydrogen-bond donors (Lipinski definition) is 0. The van der Waals surface area contributed by atoms with E-state index in [9.17, 15) is 9.59 Å². The second-order valence-electron chi connectivity index (χ2n) is 5.10. The van der Waals surface area contributed by atoms with E-state index in [1.165, 1.54) is 36.9 Å². The predicted molar refractivity (Wildman–Crippen MR) is 126 cm³/mol. The molecule has 0 saturated carbocycles. The van der Waals surface area contributed by atoms with Gasteiger partial charge in [-0.1, -0.05) is 52.6 Å². The third kappa shape index (κ3) is 12.2. The summed E-state index contributed by atoms with van der Waals surface area (Å²) in [6.45, 7) is 0. The summed E-state index contributed by atoms with van der Waals surface area (Å²) in [6, 6.07) is 13.5. The van der Waals surface area contributed by atoms with Crippen LogP contribution in [-0.4, -0.2) is 26.2 Å². The molecule has 0 N–H and O–H groups in total. The first-order valence-corrected chi connectivity index (χ1v) is 9.73. The molecule has 0 aliphatic heterocycles. The Balaban J connectivity index is 0.000000504. The quantitative estimate of drug-likeness (QED) is 0.395. The number of allylic oxidation sites excluding steroid dienone is 1. The maximum atomic E-state index is 11.1. The average Bonchev–Trinajstić information content (AvgIpc) is 2.84. The lowest BCUT2D eigenvalue weighted by atomic mass is 10.1. The highest BCUT2D eigenvalue weighted by molar-refractivity contribution is 6.33. The largest absolute Gasteiger partial charge is 0.465 e. The van der Waals surface area contributed by atoms with Gasteiger partial charge < -0.3 is 9.47 Å². The van der Waals surface area contributed by atoms with Crippen LogP contribution in [0.4, 0.5) is 0 Å². The maximum absolute atomic E-state index is 11.1. The number of ether oxygens (including phenoxy) is 2. The molecule has 4 nitrogen and oxygen atoms in total. The van der Waals surface area contributed by atoms with Crippen LogP contribution < -0.4 is 0 Å². The molecule has 0 unspecified atom stereocenters. The molecule has 0 aromatic heterocycles. The van der Waals surface area contributed by atoms with E-state index in [1.807, 2.05) is 0 Å². The van der Waals surface area contributed by atoms with Crippen molar-refractivity contribution in [2.45, 2.75) is 0 Å². The summed E-state index contributed by atoms with van der Waals surface area (Å²) in [7, 11) is 2.69. The van der Waals surface area contributed by atoms with E-state index in [4.69, 9.17) is 41.2 Å². The van der Waals surface area contributed by atoms with Gasteiger partial charge in [0.2, 0.25) is 0 Å². The van der Waals surface area contributed by atoms with E-state index < -0.39 is 0 Å². The number of benzene rings is 2. The first kappa shape index (κ1) is 27.8. The number of terminal acetylenes is 1. The van der Waals surface area contributed by atoms with Gasteiger partial charge in [0.1, 0.15) is 0 Å². The molecule has 160 valence electrons. The van der Waals surface area contributed by atoms with Crippen molar-refractivity contribution in [1.29, 1.82) is 0 Å². The lowest BCUT2D eigenvalue weighted by Crippen LogP contribution is -2.00. The molecule has 0 amide bonds. The van der Waals surface area contributed by atoms with Crippen LogP contribution in [0.5, 0.6) is 0 Å². The van der Waals surface area contributed by atoms with Crippen LogP contribution in [0.25, 0.3) is 0 Å². The van der Waals surface area contributed by atoms with Crippen LogP contribution in [0.1, 0.15) is 31.8 Å². The Kier molecular flexibility index (Phi) is 15.9. The van der Waals surface area contributed by atoms with Gasteiger partial charge in [0.05, 0.1) is 25.3 Å². The standard InChI is InChI=1S/C12H9ClO2.C10H8O2.C2H2Cl2/c1-15-12(14)11-7-5-10(6-8-11)4-2-3-9-13;1-3-8-4-6-9(7-5-8)10(11)12-2;3-1-2-4/h3,5-9H,1H3;1,4-7H,2H3;1-2H/b9-3+;;2-1+. The molecule has 2 rings (SSSR count). The highest BCUT2D eigenvalue weighted by Gasteiger charge is 2.03. The van der Waals surface area contributed by atoms with Gasteiger partial charge in [0.25, 0.3) is 0 Å². The van der Waals surface area contributed by atoms with Gasteiger partial charge in [-0.3, -0.25) is 0 Å². The summed E-state index contributed by atoms with van der Waals surface area (Å²) in [5.74, 6) is 7.35. The molecular weight excluding hydrogens is 459 g/mol. The van der Waals surface area contributed by atoms with Gasteiger partial charge in [-0.25, -0.2) is 9.59 Å². The Hall–Kier alpha value is -3.15. The molecule has 2 aromatic rings. The summed E-state index contributed by atoms with van der Waals surface area (Å²) in [5.41, 5.74) is 6.41. The van der Waals surface area contributed by atoms with Crippen molar-refractivity contribution >= 4 is 46.7 Å². The van der Waals surface area contributed by atoms with E-state index in [0.29, 0.717) is 11.1 Å². The van der Waals surface area contributed by atoms with Crippen LogP contribution in [0.15, 0.2) is 71.2 Å². The fourth-order valence-electron chi connectivity index (χ4n) is 1.78. The predicted octanol–water partition coefficient (Wildman–Crippen LogP) is 5.97. The van der Waals surface area contributed by atoms with E-state index in [0.717, 1.165) is 11.1 Å². The topological polar surface area (TPSA) is 52.6 Å². The zero-order valence-corrected chi connectivity index (χ0v) is 19.0. The van der Waals surface area contributed by atoms with Crippen molar-refractivity contribution < 1.29 is 19.1 Å². The molecule has 0 saturated heterocycles. The number of hydrogen-bond acceptors (Lipinski definition) is 4. The second-order valence-corrected chi connectivity index (χ2v) is 5.85. The monoisotopic (exact) mass is 476 g/mol. The van der Waals surface area contributed by atoms with Crippen molar-refractivity contribution in [2.24, 2.45) is 0 Å². The van der Waals surface area contributed by atoms with Crippen LogP contribution in [0.2, 0.25) is 0 Å². The molecule has 0 aliphatic rings. The first-order chi connectivity index (χ1) is 15.0. The van der Waals surface area contributed by atoms with E-state index in [-0.39, 0.29) is 11.9 Å². The van der Waals surface area contributed by atoms with Gasteiger partial charge >= 0.3 is 11.9 Å². The Morgan fingerprint density at radius 1 is 0.774 bits per heavy atom. The van der Waals surface area contributed by atoms with Gasteiger partial charge in [-0.2, -0.15) is 0 Å². The van der Waals surface area contributed by atoms with Crippen molar-refractivity contribution in [3.8, 4) is 24.2 Å². The van der Waals surface area contributed by atoms with Crippen LogP contribution in [0, 0.1) is 24.2 Å². The Bertz CT molecular complexity index is 971. The fraction of sp³-hybridized carbons (Fsp3) is 0.0833. The lowest BCUT2D eigenvalue weighted by Gasteiger charge is -1.97. The highest BCUT2D eigenvalue weighted by Crippen LogP contribution is 2.05. The van der Waals surface area contributed by atoms with Crippen LogP contribution in [0.3, 0.4) is 0 Å². The Morgan fingerprint density at radius 2 is 1.19 bits per heavy atom. The third-order valence-corrected chi connectivity index (χ3v) is 3.70. The average molecular weight is 478 g/mol. The zero-order valence-electron chi connectivity index (χ0n) is 16.8. The summed E-state index contributed by atoms with van der Waals surface area (Å²) in [5, 5.41) is 0. The zero-order chi connectivity index (χ0) is 23.5. The minimum Gasteiger partial charge on any atom is -0.465 e. The van der Waals surface area contributed by atoms with Crippen LogP contribution >= 0.6 is 34.8 Å². The van der Waals surface area contributed by atoms with E-state index in [2.05, 4.69) is 27.2 Å². The number of methoxy groups -OCH3 is 2. The van der Waals surface area contributed by atoms with Crippen molar-refractivity contribution in [2.75, 3.05) is 14.2 Å². The first-order valence-electron chi connectivity index (χ1n) is 8.42. The molecule has 0 radical (unpaired) electrons. The number of esters is 2. The minimum atomic E-state index is -0.352. The van der Waals surface area contributed by atoms with E-state index in [1.54, 1.807) is 48.5 Å². The third-order valence-electron chi connectivity index (χ3n) is 3.19. The van der Waals surface area contributed by atoms with Gasteiger partial charge in [0.15, 0.2) is 0 Å². The fourth-order valence-corrected chi connectivity index (χ4v) is 1.85. The number of rotatable bonds is 2.